The Labute approximate surface area is 74.3 Å². The maximum absolute atomic E-state index is 10.7. The lowest BCUT2D eigenvalue weighted by atomic mass is 9.90. The van der Waals surface area contributed by atoms with E-state index in [0.29, 0.717) is 6.42 Å². The molecule has 12 heavy (non-hydrogen) atoms. The van der Waals surface area contributed by atoms with E-state index in [1.807, 2.05) is 20.8 Å². The molecule has 0 radical (unpaired) electrons. The lowest BCUT2D eigenvalue weighted by molar-refractivity contribution is -0.143. The van der Waals surface area contributed by atoms with Gasteiger partial charge in [0, 0.05) is 0 Å². The second-order valence-corrected chi connectivity index (χ2v) is 3.68. The minimum Gasteiger partial charge on any atom is -0.481 e. The molecule has 0 heterocycles. The number of hydrogen-bond acceptors (Lipinski definition) is 1. The topological polar surface area (TPSA) is 37.3 Å². The summed E-state index contributed by atoms with van der Waals surface area (Å²) in [5, 5.41) is 8.83. The first-order chi connectivity index (χ1) is 5.45. The highest BCUT2D eigenvalue weighted by Gasteiger charge is 2.20. The lowest BCUT2D eigenvalue weighted by Crippen LogP contribution is -2.19. The molecular formula is C10H18O2. The molecule has 0 aliphatic carbocycles. The van der Waals surface area contributed by atoms with Crippen LogP contribution in [0.15, 0.2) is 12.2 Å². The molecule has 2 nitrogen and oxygen atoms in total. The molecule has 0 aromatic carbocycles. The molecule has 2 heteroatoms. The Morgan fingerprint density at radius 2 is 2.00 bits per heavy atom. The van der Waals surface area contributed by atoms with Gasteiger partial charge in [0.05, 0.1) is 5.92 Å². The van der Waals surface area contributed by atoms with Gasteiger partial charge < -0.3 is 5.11 Å². The summed E-state index contributed by atoms with van der Waals surface area (Å²) in [4.78, 5) is 10.7. The van der Waals surface area contributed by atoms with Crippen LogP contribution >= 0.6 is 0 Å². The molecule has 0 aromatic rings. The average Bonchev–Trinajstić information content (AvgIpc) is 1.84. The summed E-state index contributed by atoms with van der Waals surface area (Å²) >= 11 is 0. The van der Waals surface area contributed by atoms with Gasteiger partial charge >= 0.3 is 5.97 Å². The molecule has 0 saturated carbocycles. The normalized spacial score (nSPS) is 13.0. The zero-order valence-electron chi connectivity index (χ0n) is 8.13. The van der Waals surface area contributed by atoms with Crippen molar-refractivity contribution in [1.82, 2.24) is 0 Å². The Morgan fingerprint density at radius 3 is 2.25 bits per heavy atom. The molecule has 0 unspecified atom stereocenters. The van der Waals surface area contributed by atoms with Gasteiger partial charge in [0.25, 0.3) is 0 Å². The van der Waals surface area contributed by atoms with Gasteiger partial charge in [-0.3, -0.25) is 4.79 Å². The van der Waals surface area contributed by atoms with E-state index in [2.05, 4.69) is 6.58 Å². The van der Waals surface area contributed by atoms with Gasteiger partial charge in [0.2, 0.25) is 0 Å². The first-order valence-corrected chi connectivity index (χ1v) is 4.32. The van der Waals surface area contributed by atoms with Crippen molar-refractivity contribution in [2.45, 2.75) is 33.6 Å². The van der Waals surface area contributed by atoms with Crippen molar-refractivity contribution in [3.05, 3.63) is 12.2 Å². The van der Waals surface area contributed by atoms with E-state index in [1.54, 1.807) is 0 Å². The van der Waals surface area contributed by atoms with Crippen LogP contribution in [0.5, 0.6) is 0 Å². The molecule has 0 fully saturated rings. The summed E-state index contributed by atoms with van der Waals surface area (Å²) in [5.41, 5.74) is 1.06. The van der Waals surface area contributed by atoms with Crippen LogP contribution in [0.4, 0.5) is 0 Å². The third-order valence-electron chi connectivity index (χ3n) is 2.00. The van der Waals surface area contributed by atoms with Gasteiger partial charge in [-0.1, -0.05) is 19.4 Å². The fraction of sp³-hybridized carbons (Fsp3) is 0.700. The zero-order valence-corrected chi connectivity index (χ0v) is 8.13. The smallest absolute Gasteiger partial charge is 0.306 e. The minimum absolute atomic E-state index is 0.210. The Hall–Kier alpha value is -0.790. The number of hydrogen-bond donors (Lipinski definition) is 1. The Morgan fingerprint density at radius 1 is 1.50 bits per heavy atom. The van der Waals surface area contributed by atoms with Crippen LogP contribution in [0.2, 0.25) is 0 Å². The van der Waals surface area contributed by atoms with E-state index >= 15 is 0 Å². The maximum atomic E-state index is 10.7. The molecule has 0 rings (SSSR count). The van der Waals surface area contributed by atoms with Crippen LogP contribution < -0.4 is 0 Å². The molecule has 1 N–H and O–H groups in total. The van der Waals surface area contributed by atoms with E-state index < -0.39 is 5.97 Å². The van der Waals surface area contributed by atoms with Gasteiger partial charge in [0.1, 0.15) is 0 Å². The first kappa shape index (κ1) is 11.2. The molecule has 0 spiro atoms. The van der Waals surface area contributed by atoms with Crippen molar-refractivity contribution in [2.24, 2.45) is 11.8 Å². The molecule has 0 saturated heterocycles. The van der Waals surface area contributed by atoms with Gasteiger partial charge in [0.15, 0.2) is 0 Å². The third kappa shape index (κ3) is 4.16. The van der Waals surface area contributed by atoms with Crippen molar-refractivity contribution in [2.75, 3.05) is 0 Å². The highest BCUT2D eigenvalue weighted by molar-refractivity contribution is 5.70. The fourth-order valence-corrected chi connectivity index (χ4v) is 1.14. The van der Waals surface area contributed by atoms with Crippen molar-refractivity contribution >= 4 is 5.97 Å². The zero-order chi connectivity index (χ0) is 9.72. The van der Waals surface area contributed by atoms with Crippen LogP contribution in [-0.2, 0) is 4.79 Å². The summed E-state index contributed by atoms with van der Waals surface area (Å²) in [6.45, 7) is 9.57. The predicted molar refractivity (Wildman–Crippen MR) is 50.0 cm³/mol. The van der Waals surface area contributed by atoms with E-state index in [0.717, 1.165) is 12.0 Å². The van der Waals surface area contributed by atoms with Crippen molar-refractivity contribution in [3.8, 4) is 0 Å². The summed E-state index contributed by atoms with van der Waals surface area (Å²) < 4.78 is 0. The predicted octanol–water partition coefficient (Wildman–Crippen LogP) is 2.70. The number of carboxylic acids is 1. The quantitative estimate of drug-likeness (QED) is 0.644. The Kier molecular flexibility index (Phi) is 4.64. The lowest BCUT2D eigenvalue weighted by Gasteiger charge is -2.15. The average molecular weight is 170 g/mol. The highest BCUT2D eigenvalue weighted by Crippen LogP contribution is 2.19. The standard InChI is InChI=1S/C10H18O2/c1-7(2)5-6-9(8(3)4)10(11)12/h8-9H,1,5-6H2,2-4H3,(H,11,12)/t9-/m1/s1. The molecule has 0 aromatic heterocycles. The summed E-state index contributed by atoms with van der Waals surface area (Å²) in [6, 6.07) is 0. The highest BCUT2D eigenvalue weighted by atomic mass is 16.4. The van der Waals surface area contributed by atoms with Crippen molar-refractivity contribution < 1.29 is 9.90 Å². The van der Waals surface area contributed by atoms with E-state index in [9.17, 15) is 4.79 Å². The van der Waals surface area contributed by atoms with Crippen LogP contribution in [0.3, 0.4) is 0 Å². The molecule has 1 atom stereocenters. The molecular weight excluding hydrogens is 152 g/mol. The van der Waals surface area contributed by atoms with Gasteiger partial charge in [-0.05, 0) is 25.7 Å². The van der Waals surface area contributed by atoms with E-state index in [-0.39, 0.29) is 11.8 Å². The van der Waals surface area contributed by atoms with E-state index in [4.69, 9.17) is 5.11 Å². The van der Waals surface area contributed by atoms with Gasteiger partial charge in [-0.25, -0.2) is 0 Å². The summed E-state index contributed by atoms with van der Waals surface area (Å²) in [5.74, 6) is -0.699. The number of carbonyl (C=O) groups is 1. The molecule has 0 amide bonds. The minimum atomic E-state index is -0.689. The number of carboxylic acid groups (broad SMARTS) is 1. The van der Waals surface area contributed by atoms with Crippen LogP contribution in [0, 0.1) is 11.8 Å². The van der Waals surface area contributed by atoms with Crippen LogP contribution in [-0.4, -0.2) is 11.1 Å². The number of rotatable bonds is 5. The summed E-state index contributed by atoms with van der Waals surface area (Å²) in [7, 11) is 0. The van der Waals surface area contributed by atoms with Crippen LogP contribution in [0.1, 0.15) is 33.6 Å². The third-order valence-corrected chi connectivity index (χ3v) is 2.00. The fourth-order valence-electron chi connectivity index (χ4n) is 1.14. The van der Waals surface area contributed by atoms with E-state index in [1.165, 1.54) is 0 Å². The molecule has 0 aliphatic rings. The van der Waals surface area contributed by atoms with Crippen molar-refractivity contribution in [3.63, 3.8) is 0 Å². The number of aliphatic carboxylic acids is 1. The second-order valence-electron chi connectivity index (χ2n) is 3.68. The SMILES string of the molecule is C=C(C)CC[C@@H](C(=O)O)C(C)C. The first-order valence-electron chi connectivity index (χ1n) is 4.32. The van der Waals surface area contributed by atoms with Gasteiger partial charge in [-0.2, -0.15) is 0 Å². The molecule has 0 bridgehead atoms. The number of allylic oxidation sites excluding steroid dienone is 1. The second kappa shape index (κ2) is 4.96. The summed E-state index contributed by atoms with van der Waals surface area (Å²) in [6.07, 6.45) is 1.53. The monoisotopic (exact) mass is 170 g/mol. The van der Waals surface area contributed by atoms with Gasteiger partial charge in [-0.15, -0.1) is 6.58 Å². The Bertz CT molecular complexity index is 171. The Balaban J connectivity index is 3.97. The maximum Gasteiger partial charge on any atom is 0.306 e. The molecule has 70 valence electrons. The molecule has 0 aliphatic heterocycles. The largest absolute Gasteiger partial charge is 0.481 e. The van der Waals surface area contributed by atoms with Crippen LogP contribution in [0.25, 0.3) is 0 Å². The van der Waals surface area contributed by atoms with Crippen molar-refractivity contribution in [1.29, 1.82) is 0 Å².